The van der Waals surface area contributed by atoms with E-state index in [4.69, 9.17) is 0 Å². The molecule has 1 amide bonds. The van der Waals surface area contributed by atoms with Gasteiger partial charge in [0, 0.05) is 35.9 Å². The smallest absolute Gasteiger partial charge is 0.254 e. The Hall–Kier alpha value is -3.18. The number of nitrogens with one attached hydrogen (secondary N) is 1. The number of hydrogen-bond donors (Lipinski definition) is 1. The fourth-order valence-corrected chi connectivity index (χ4v) is 5.07. The van der Waals surface area contributed by atoms with Crippen molar-refractivity contribution in [1.29, 1.82) is 0 Å². The first-order valence-corrected chi connectivity index (χ1v) is 11.1. The molecule has 2 aliphatic rings. The van der Waals surface area contributed by atoms with Gasteiger partial charge < -0.3 is 4.57 Å². The van der Waals surface area contributed by atoms with E-state index < -0.39 is 0 Å². The van der Waals surface area contributed by atoms with Gasteiger partial charge in [-0.2, -0.15) is 5.10 Å². The number of aromatic nitrogens is 1. The van der Waals surface area contributed by atoms with Crippen LogP contribution in [0.5, 0.6) is 0 Å². The first kappa shape index (κ1) is 19.8. The van der Waals surface area contributed by atoms with Crippen LogP contribution >= 0.6 is 0 Å². The van der Waals surface area contributed by atoms with Crippen LogP contribution in [0, 0.1) is 6.92 Å². The van der Waals surface area contributed by atoms with Gasteiger partial charge in [0.25, 0.3) is 5.91 Å². The van der Waals surface area contributed by atoms with Crippen LogP contribution < -0.4 is 5.43 Å². The SMILES string of the molecule is Cc1ccc2c(c1)c1c3n2CCN(CC(=O)N/N=C\C=C\c2ccccc2)[C@H]3CCC1. The van der Waals surface area contributed by atoms with Crippen molar-refractivity contribution in [2.24, 2.45) is 5.10 Å². The van der Waals surface area contributed by atoms with E-state index in [2.05, 4.69) is 45.1 Å². The number of rotatable bonds is 5. The highest BCUT2D eigenvalue weighted by atomic mass is 16.2. The van der Waals surface area contributed by atoms with E-state index in [-0.39, 0.29) is 5.91 Å². The second kappa shape index (κ2) is 8.52. The number of amides is 1. The highest BCUT2D eigenvalue weighted by Crippen LogP contribution is 2.42. The van der Waals surface area contributed by atoms with E-state index in [1.54, 1.807) is 6.21 Å². The predicted molar refractivity (Wildman–Crippen MR) is 126 cm³/mol. The summed E-state index contributed by atoms with van der Waals surface area (Å²) in [6.45, 7) is 4.36. The molecular weight excluding hydrogens is 384 g/mol. The minimum Gasteiger partial charge on any atom is -0.342 e. The molecule has 1 aliphatic carbocycles. The fraction of sp³-hybridized carbons (Fsp3) is 0.308. The van der Waals surface area contributed by atoms with Crippen LogP contribution in [0.25, 0.3) is 17.0 Å². The molecule has 0 saturated carbocycles. The third-order valence-electron chi connectivity index (χ3n) is 6.42. The van der Waals surface area contributed by atoms with E-state index in [1.165, 1.54) is 34.1 Å². The molecule has 3 aromatic rings. The summed E-state index contributed by atoms with van der Waals surface area (Å²) in [7, 11) is 0. The number of aryl methyl sites for hydroxylation is 2. The van der Waals surface area contributed by atoms with Crippen molar-refractivity contribution in [3.05, 3.63) is 77.0 Å². The Kier molecular flexibility index (Phi) is 5.43. The van der Waals surface area contributed by atoms with Crippen LogP contribution in [-0.2, 0) is 17.8 Å². The summed E-state index contributed by atoms with van der Waals surface area (Å²) >= 11 is 0. The van der Waals surface area contributed by atoms with Gasteiger partial charge in [0.05, 0.1) is 12.6 Å². The lowest BCUT2D eigenvalue weighted by Crippen LogP contribution is -2.44. The topological polar surface area (TPSA) is 49.6 Å². The third-order valence-corrected chi connectivity index (χ3v) is 6.42. The monoisotopic (exact) mass is 412 g/mol. The highest BCUT2D eigenvalue weighted by molar-refractivity contribution is 5.87. The van der Waals surface area contributed by atoms with Crippen LogP contribution in [0.3, 0.4) is 0 Å². The van der Waals surface area contributed by atoms with Gasteiger partial charge in [-0.15, -0.1) is 0 Å². The molecule has 5 heteroatoms. The molecule has 0 bridgehead atoms. The van der Waals surface area contributed by atoms with Gasteiger partial charge in [0.15, 0.2) is 0 Å². The molecule has 1 aliphatic heterocycles. The predicted octanol–water partition coefficient (Wildman–Crippen LogP) is 4.46. The minimum atomic E-state index is -0.0584. The van der Waals surface area contributed by atoms with Crippen LogP contribution in [0.2, 0.25) is 0 Å². The first-order chi connectivity index (χ1) is 15.2. The second-order valence-corrected chi connectivity index (χ2v) is 8.50. The van der Waals surface area contributed by atoms with Crippen molar-refractivity contribution in [3.63, 3.8) is 0 Å². The molecule has 1 atom stereocenters. The summed E-state index contributed by atoms with van der Waals surface area (Å²) < 4.78 is 2.49. The molecule has 31 heavy (non-hydrogen) atoms. The largest absolute Gasteiger partial charge is 0.342 e. The summed E-state index contributed by atoms with van der Waals surface area (Å²) in [6.07, 6.45) is 8.84. The molecule has 2 heterocycles. The molecule has 0 radical (unpaired) electrons. The molecule has 0 unspecified atom stereocenters. The van der Waals surface area contributed by atoms with Crippen molar-refractivity contribution in [2.45, 2.75) is 38.8 Å². The Bertz CT molecular complexity index is 1160. The number of carbonyl (C=O) groups is 1. The average molecular weight is 413 g/mol. The summed E-state index contributed by atoms with van der Waals surface area (Å²) in [4.78, 5) is 14.9. The second-order valence-electron chi connectivity index (χ2n) is 8.50. The number of benzene rings is 2. The third kappa shape index (κ3) is 3.93. The number of nitrogens with zero attached hydrogens (tertiary/aromatic N) is 3. The summed E-state index contributed by atoms with van der Waals surface area (Å²) in [5.74, 6) is -0.0584. The van der Waals surface area contributed by atoms with E-state index in [1.807, 2.05) is 42.5 Å². The van der Waals surface area contributed by atoms with Gasteiger partial charge in [-0.25, -0.2) is 5.43 Å². The molecule has 5 nitrogen and oxygen atoms in total. The molecule has 0 fully saturated rings. The quantitative estimate of drug-likeness (QED) is 0.497. The van der Waals surface area contributed by atoms with Gasteiger partial charge >= 0.3 is 0 Å². The van der Waals surface area contributed by atoms with Gasteiger partial charge in [-0.3, -0.25) is 9.69 Å². The fourth-order valence-electron chi connectivity index (χ4n) is 5.07. The van der Waals surface area contributed by atoms with Gasteiger partial charge in [-0.05, 0) is 55.5 Å². The zero-order valence-electron chi connectivity index (χ0n) is 17.9. The Balaban J connectivity index is 1.26. The van der Waals surface area contributed by atoms with E-state index in [9.17, 15) is 4.79 Å². The molecule has 0 saturated heterocycles. The van der Waals surface area contributed by atoms with Crippen LogP contribution in [0.1, 0.15) is 41.3 Å². The highest BCUT2D eigenvalue weighted by Gasteiger charge is 2.35. The molecule has 0 spiro atoms. The standard InChI is InChI=1S/C26H28N4O/c1-19-12-13-23-22(17-19)21-10-5-11-24-26(21)30(23)16-15-29(24)18-25(31)28-27-14-6-9-20-7-3-2-4-8-20/h2-4,6-9,12-14,17,24H,5,10-11,15-16,18H2,1H3,(H,28,31)/b9-6+,27-14-/t24-/m0/s1. The number of allylic oxidation sites excluding steroid dienone is 1. The first-order valence-electron chi connectivity index (χ1n) is 11.1. The Morgan fingerprint density at radius 3 is 2.94 bits per heavy atom. The molecule has 158 valence electrons. The zero-order chi connectivity index (χ0) is 21.2. The Morgan fingerprint density at radius 1 is 1.19 bits per heavy atom. The Morgan fingerprint density at radius 2 is 2.06 bits per heavy atom. The lowest BCUT2D eigenvalue weighted by Gasteiger charge is -2.39. The average Bonchev–Trinajstić information content (AvgIpc) is 3.10. The van der Waals surface area contributed by atoms with Crippen molar-refractivity contribution >= 4 is 29.1 Å². The lowest BCUT2D eigenvalue weighted by molar-refractivity contribution is -0.123. The molecule has 1 aromatic heterocycles. The Labute approximate surface area is 183 Å². The zero-order valence-corrected chi connectivity index (χ0v) is 17.9. The van der Waals surface area contributed by atoms with Crippen LogP contribution in [0.15, 0.2) is 59.7 Å². The maximum atomic E-state index is 12.5. The summed E-state index contributed by atoms with van der Waals surface area (Å²) in [5.41, 5.74) is 9.36. The van der Waals surface area contributed by atoms with Gasteiger partial charge in [-0.1, -0.05) is 48.0 Å². The van der Waals surface area contributed by atoms with Crippen LogP contribution in [0.4, 0.5) is 0 Å². The molecule has 5 rings (SSSR count). The van der Waals surface area contributed by atoms with E-state index in [0.717, 1.165) is 31.5 Å². The van der Waals surface area contributed by atoms with Crippen LogP contribution in [-0.4, -0.2) is 34.7 Å². The maximum absolute atomic E-state index is 12.5. The summed E-state index contributed by atoms with van der Waals surface area (Å²) in [6, 6.07) is 17.1. The van der Waals surface area contributed by atoms with E-state index >= 15 is 0 Å². The minimum absolute atomic E-state index is 0.0584. The summed E-state index contributed by atoms with van der Waals surface area (Å²) in [5, 5.41) is 5.48. The number of fused-ring (bicyclic) bond motifs is 3. The lowest BCUT2D eigenvalue weighted by atomic mass is 9.89. The van der Waals surface area contributed by atoms with Crippen molar-refractivity contribution in [2.75, 3.05) is 13.1 Å². The van der Waals surface area contributed by atoms with Gasteiger partial charge in [0.2, 0.25) is 0 Å². The van der Waals surface area contributed by atoms with Gasteiger partial charge in [0.1, 0.15) is 0 Å². The maximum Gasteiger partial charge on any atom is 0.254 e. The number of hydrazone groups is 1. The molecule has 1 N–H and O–H groups in total. The molecule has 2 aromatic carbocycles. The van der Waals surface area contributed by atoms with E-state index in [0.29, 0.717) is 12.6 Å². The van der Waals surface area contributed by atoms with Crippen molar-refractivity contribution < 1.29 is 4.79 Å². The normalized spacial score (nSPS) is 18.7. The van der Waals surface area contributed by atoms with Crippen molar-refractivity contribution in [3.8, 4) is 0 Å². The molecular formula is C26H28N4O. The number of hydrogen-bond acceptors (Lipinski definition) is 3. The number of carbonyl (C=O) groups excluding carboxylic acids is 1. The van der Waals surface area contributed by atoms with Crippen molar-refractivity contribution in [1.82, 2.24) is 14.9 Å².